The van der Waals surface area contributed by atoms with Crippen molar-refractivity contribution in [1.82, 2.24) is 35.7 Å². The number of ether oxygens (including phenoxy) is 1. The Morgan fingerprint density at radius 3 is 2.65 bits per heavy atom. The van der Waals surface area contributed by atoms with Gasteiger partial charge in [0.05, 0.1) is 11.0 Å². The number of nitrogens with zero attached hydrogens (tertiary/aromatic N) is 5. The largest absolute Gasteiger partial charge is 0.444 e. The van der Waals surface area contributed by atoms with E-state index in [0.717, 1.165) is 37.9 Å². The number of hydrogen-bond acceptors (Lipinski definition) is 7. The molecule has 0 aromatic carbocycles. The highest BCUT2D eigenvalue weighted by Crippen LogP contribution is 2.54. The number of carbonyl (C=O) groups excluding carboxylic acids is 2. The van der Waals surface area contributed by atoms with Crippen LogP contribution in [0.25, 0.3) is 0 Å². The minimum absolute atomic E-state index is 0.0613. The summed E-state index contributed by atoms with van der Waals surface area (Å²) in [7, 11) is 1.87. The van der Waals surface area contributed by atoms with E-state index in [1.807, 2.05) is 39.6 Å². The van der Waals surface area contributed by atoms with Crippen LogP contribution in [0.3, 0.4) is 0 Å². The number of alkyl carbamates (subject to hydrolysis) is 1. The maximum absolute atomic E-state index is 12.7. The fourth-order valence-corrected chi connectivity index (χ4v) is 4.71. The van der Waals surface area contributed by atoms with Crippen LogP contribution in [0.5, 0.6) is 0 Å². The first-order valence-corrected chi connectivity index (χ1v) is 12.2. The summed E-state index contributed by atoms with van der Waals surface area (Å²) in [4.78, 5) is 26.5. The van der Waals surface area contributed by atoms with Gasteiger partial charge in [0.25, 0.3) is 0 Å². The van der Waals surface area contributed by atoms with Gasteiger partial charge < -0.3 is 15.0 Å². The molecule has 2 aliphatic rings. The first kappa shape index (κ1) is 25.9. The van der Waals surface area contributed by atoms with Crippen molar-refractivity contribution >= 4 is 12.0 Å². The van der Waals surface area contributed by atoms with Crippen LogP contribution in [-0.2, 0) is 21.6 Å². The van der Waals surface area contributed by atoms with Gasteiger partial charge in [-0.1, -0.05) is 0 Å². The Balaban J connectivity index is 1.68. The van der Waals surface area contributed by atoms with Crippen LogP contribution in [0.2, 0.25) is 0 Å². The number of carbonyl (C=O) groups is 2. The van der Waals surface area contributed by atoms with E-state index in [4.69, 9.17) is 4.74 Å². The van der Waals surface area contributed by atoms with E-state index in [1.165, 1.54) is 0 Å². The molecule has 2 heterocycles. The van der Waals surface area contributed by atoms with Gasteiger partial charge in [-0.3, -0.25) is 10.1 Å². The van der Waals surface area contributed by atoms with Gasteiger partial charge in [0.2, 0.25) is 5.91 Å². The second-order valence-corrected chi connectivity index (χ2v) is 10.7. The fourth-order valence-electron chi connectivity index (χ4n) is 4.71. The predicted molar refractivity (Wildman–Crippen MR) is 128 cm³/mol. The second-order valence-electron chi connectivity index (χ2n) is 10.7. The van der Waals surface area contributed by atoms with Crippen LogP contribution in [-0.4, -0.2) is 68.9 Å². The van der Waals surface area contributed by atoms with Crippen molar-refractivity contribution in [1.29, 1.82) is 0 Å². The standard InChI is InChI=1S/C24H39N7O3/c1-7-8-9-10-12-23(5,26-18-17-30(6)20(32)24(18)13-14-24)19-27-28-29-31(19)16-11-15-25-21(33)34-22(2,3)4/h18,26H,9-17H2,1-6H3,(H,25,33). The smallest absolute Gasteiger partial charge is 0.407 e. The first-order valence-electron chi connectivity index (χ1n) is 12.2. The van der Waals surface area contributed by atoms with Crippen molar-refractivity contribution in [2.24, 2.45) is 5.41 Å². The lowest BCUT2D eigenvalue weighted by atomic mass is 9.89. The van der Waals surface area contributed by atoms with Crippen molar-refractivity contribution in [3.05, 3.63) is 5.82 Å². The SMILES string of the molecule is CC#CCCCC(C)(NC1CN(C)C(=O)C12CC2)c1nnnn1CCCNC(=O)OC(C)(C)C. The van der Waals surface area contributed by atoms with E-state index in [-0.39, 0.29) is 17.4 Å². The third-order valence-corrected chi connectivity index (χ3v) is 6.57. The van der Waals surface area contributed by atoms with Gasteiger partial charge in [-0.05, 0) is 77.1 Å². The fraction of sp³-hybridized carbons (Fsp3) is 0.792. The zero-order valence-electron chi connectivity index (χ0n) is 21.4. The molecular formula is C24H39N7O3. The highest BCUT2D eigenvalue weighted by molar-refractivity contribution is 5.88. The Bertz CT molecular complexity index is 938. The number of likely N-dealkylation sites (N-methyl/N-ethyl adjacent to an activating group) is 1. The number of amides is 2. The molecule has 1 aromatic heterocycles. The summed E-state index contributed by atoms with van der Waals surface area (Å²) < 4.78 is 7.09. The Kier molecular flexibility index (Phi) is 7.86. The van der Waals surface area contributed by atoms with Crippen LogP contribution in [0.1, 0.15) is 79.0 Å². The lowest BCUT2D eigenvalue weighted by molar-refractivity contribution is -0.131. The minimum Gasteiger partial charge on any atom is -0.444 e. The van der Waals surface area contributed by atoms with E-state index < -0.39 is 17.2 Å². The van der Waals surface area contributed by atoms with Crippen LogP contribution in [0, 0.1) is 17.3 Å². The molecule has 2 fully saturated rings. The molecule has 1 spiro atoms. The van der Waals surface area contributed by atoms with Crippen molar-refractivity contribution in [3.8, 4) is 11.8 Å². The zero-order valence-corrected chi connectivity index (χ0v) is 21.4. The highest BCUT2D eigenvalue weighted by Gasteiger charge is 2.62. The Morgan fingerprint density at radius 1 is 1.26 bits per heavy atom. The molecular weight excluding hydrogens is 434 g/mol. The zero-order chi connectivity index (χ0) is 25.0. The third-order valence-electron chi connectivity index (χ3n) is 6.57. The normalized spacial score (nSPS) is 20.6. The molecule has 10 heteroatoms. The summed E-state index contributed by atoms with van der Waals surface area (Å²) in [5.41, 5.74) is -1.32. The average molecular weight is 474 g/mol. The lowest BCUT2D eigenvalue weighted by Crippen LogP contribution is -2.51. The van der Waals surface area contributed by atoms with Gasteiger partial charge in [-0.25, -0.2) is 9.48 Å². The van der Waals surface area contributed by atoms with Crippen molar-refractivity contribution in [3.63, 3.8) is 0 Å². The molecule has 1 aromatic rings. The number of nitrogens with one attached hydrogen (secondary N) is 2. The number of tetrazole rings is 1. The Labute approximate surface area is 202 Å². The molecule has 3 rings (SSSR count). The molecule has 2 atom stereocenters. The van der Waals surface area contributed by atoms with Crippen LogP contribution in [0.15, 0.2) is 0 Å². The van der Waals surface area contributed by atoms with E-state index in [9.17, 15) is 9.59 Å². The van der Waals surface area contributed by atoms with Crippen molar-refractivity contribution < 1.29 is 14.3 Å². The summed E-state index contributed by atoms with van der Waals surface area (Å²) in [6, 6.07) is 0.0613. The van der Waals surface area contributed by atoms with Crippen LogP contribution >= 0.6 is 0 Å². The maximum atomic E-state index is 12.7. The molecule has 188 valence electrons. The predicted octanol–water partition coefficient (Wildman–Crippen LogP) is 2.21. The number of likely N-dealkylation sites (tertiary alicyclic amines) is 1. The molecule has 1 saturated heterocycles. The molecule has 34 heavy (non-hydrogen) atoms. The highest BCUT2D eigenvalue weighted by atomic mass is 16.6. The van der Waals surface area contributed by atoms with Gasteiger partial charge in [-0.15, -0.1) is 16.9 Å². The van der Waals surface area contributed by atoms with E-state index in [1.54, 1.807) is 4.68 Å². The van der Waals surface area contributed by atoms with Gasteiger partial charge in [-0.2, -0.15) is 0 Å². The van der Waals surface area contributed by atoms with Crippen molar-refractivity contribution in [2.75, 3.05) is 20.1 Å². The molecule has 1 aliphatic heterocycles. The van der Waals surface area contributed by atoms with E-state index >= 15 is 0 Å². The second kappa shape index (κ2) is 10.3. The molecule has 0 radical (unpaired) electrons. The molecule has 2 unspecified atom stereocenters. The Hall–Kier alpha value is -2.67. The molecule has 2 amide bonds. The maximum Gasteiger partial charge on any atom is 0.407 e. The third kappa shape index (κ3) is 6.06. The summed E-state index contributed by atoms with van der Waals surface area (Å²) >= 11 is 0. The van der Waals surface area contributed by atoms with Crippen LogP contribution in [0.4, 0.5) is 4.79 Å². The summed E-state index contributed by atoms with van der Waals surface area (Å²) in [6.45, 7) is 11.2. The first-order chi connectivity index (χ1) is 16.0. The number of rotatable bonds is 10. The molecule has 1 saturated carbocycles. The van der Waals surface area contributed by atoms with Crippen molar-refractivity contribution in [2.45, 2.75) is 96.9 Å². The van der Waals surface area contributed by atoms with E-state index in [0.29, 0.717) is 26.1 Å². The molecule has 1 aliphatic carbocycles. The van der Waals surface area contributed by atoms with E-state index in [2.05, 4.69) is 44.9 Å². The van der Waals surface area contributed by atoms with Gasteiger partial charge >= 0.3 is 6.09 Å². The minimum atomic E-state index is -0.530. The van der Waals surface area contributed by atoms with Gasteiger partial charge in [0.15, 0.2) is 5.82 Å². The van der Waals surface area contributed by atoms with Gasteiger partial charge in [0.1, 0.15) is 5.60 Å². The number of hydrogen-bond donors (Lipinski definition) is 2. The molecule has 10 nitrogen and oxygen atoms in total. The molecule has 2 N–H and O–H groups in total. The summed E-state index contributed by atoms with van der Waals surface area (Å²) in [6.07, 6.45) is 4.55. The number of unbranched alkanes of at least 4 members (excludes halogenated alkanes) is 1. The monoisotopic (exact) mass is 473 g/mol. The quantitative estimate of drug-likeness (QED) is 0.395. The Morgan fingerprint density at radius 2 is 2.00 bits per heavy atom. The van der Waals surface area contributed by atoms with Crippen LogP contribution < -0.4 is 10.6 Å². The summed E-state index contributed by atoms with van der Waals surface area (Å²) in [5.74, 6) is 7.06. The molecule has 0 bridgehead atoms. The summed E-state index contributed by atoms with van der Waals surface area (Å²) in [5, 5.41) is 19.1. The number of aromatic nitrogens is 4. The topological polar surface area (TPSA) is 114 Å². The lowest BCUT2D eigenvalue weighted by Gasteiger charge is -2.34. The average Bonchev–Trinajstić information content (AvgIpc) is 3.36. The van der Waals surface area contributed by atoms with Gasteiger partial charge in [0, 0.05) is 39.1 Å². The number of aryl methyl sites for hydroxylation is 1.